The van der Waals surface area contributed by atoms with E-state index in [2.05, 4.69) is 0 Å². The lowest BCUT2D eigenvalue weighted by molar-refractivity contribution is 0.217. The van der Waals surface area contributed by atoms with Crippen molar-refractivity contribution in [3.63, 3.8) is 0 Å². The molecule has 0 saturated carbocycles. The quantitative estimate of drug-likeness (QED) is 0.536. The molecule has 0 aromatic rings. The van der Waals surface area contributed by atoms with Gasteiger partial charge in [0.25, 0.3) is 0 Å². The van der Waals surface area contributed by atoms with Gasteiger partial charge in [-0.3, -0.25) is 0 Å². The molecule has 0 amide bonds. The maximum atomic E-state index is 12.9. The van der Waals surface area contributed by atoms with E-state index in [1.165, 1.54) is 12.8 Å². The monoisotopic (exact) mass is 180 g/mol. The molecule has 2 saturated heterocycles. The Morgan fingerprint density at radius 2 is 1.36 bits per heavy atom. The van der Waals surface area contributed by atoms with Gasteiger partial charge in [-0.05, 0) is 24.3 Å². The van der Waals surface area contributed by atoms with Gasteiger partial charge in [0, 0.05) is 11.5 Å². The molecule has 2 aliphatic heterocycles. The highest BCUT2D eigenvalue weighted by atomic mass is 32.3. The fourth-order valence-electron chi connectivity index (χ4n) is 2.20. The maximum Gasteiger partial charge on any atom is 0.139 e. The Balaban J connectivity index is 2.06. The van der Waals surface area contributed by atoms with E-state index in [1.807, 2.05) is 0 Å². The molecule has 3 heteroatoms. The molecule has 0 bridgehead atoms. The molecule has 1 spiro atoms. The first kappa shape index (κ1) is 7.84. The molecule has 0 nitrogen and oxygen atoms in total. The number of halogens is 2. The first-order valence-corrected chi connectivity index (χ1v) is 6.55. The summed E-state index contributed by atoms with van der Waals surface area (Å²) in [6, 6.07) is 0. The first-order chi connectivity index (χ1) is 5.22. The van der Waals surface area contributed by atoms with Crippen molar-refractivity contribution in [2.24, 2.45) is 0 Å². The molecule has 2 heterocycles. The molecule has 11 heavy (non-hydrogen) atoms. The predicted octanol–water partition coefficient (Wildman–Crippen LogP) is 2.27. The van der Waals surface area contributed by atoms with Crippen molar-refractivity contribution in [1.82, 2.24) is 0 Å². The summed E-state index contributed by atoms with van der Waals surface area (Å²) in [6.45, 7) is 0. The summed E-state index contributed by atoms with van der Waals surface area (Å²) in [5.41, 5.74) is 0. The smallest absolute Gasteiger partial charge is 0.139 e. The summed E-state index contributed by atoms with van der Waals surface area (Å²) in [5, 5.41) is 0. The van der Waals surface area contributed by atoms with Crippen LogP contribution in [0.2, 0.25) is 0 Å². The van der Waals surface area contributed by atoms with Crippen molar-refractivity contribution in [1.29, 1.82) is 0 Å². The van der Waals surface area contributed by atoms with E-state index >= 15 is 0 Å². The number of hydrogen-bond donors (Lipinski definition) is 0. The van der Waals surface area contributed by atoms with Crippen LogP contribution in [0.4, 0.5) is 8.78 Å². The van der Waals surface area contributed by atoms with Crippen molar-refractivity contribution in [2.75, 3.05) is 23.0 Å². The zero-order valence-electron chi connectivity index (χ0n) is 6.56. The van der Waals surface area contributed by atoms with Gasteiger partial charge in [0.2, 0.25) is 0 Å². The van der Waals surface area contributed by atoms with Crippen LogP contribution in [0.1, 0.15) is 12.8 Å². The minimum atomic E-state index is -1.12. The highest BCUT2D eigenvalue weighted by Crippen LogP contribution is 2.59. The Morgan fingerprint density at radius 3 is 1.82 bits per heavy atom. The van der Waals surface area contributed by atoms with Crippen LogP contribution in [0.25, 0.3) is 0 Å². The third kappa shape index (κ3) is 1.28. The van der Waals surface area contributed by atoms with Gasteiger partial charge in [0.15, 0.2) is 0 Å². The Bertz CT molecular complexity index is 142. The van der Waals surface area contributed by atoms with Crippen LogP contribution in [-0.4, -0.2) is 35.4 Å². The molecule has 0 aromatic carbocycles. The van der Waals surface area contributed by atoms with Gasteiger partial charge in [-0.15, -0.1) is 0 Å². The van der Waals surface area contributed by atoms with E-state index in [0.29, 0.717) is 11.5 Å². The van der Waals surface area contributed by atoms with Gasteiger partial charge < -0.3 is 0 Å². The van der Waals surface area contributed by atoms with Crippen LogP contribution in [0.15, 0.2) is 0 Å². The fraction of sp³-hybridized carbons (Fsp3) is 1.00. The van der Waals surface area contributed by atoms with E-state index in [-0.39, 0.29) is 0 Å². The number of rotatable bonds is 0. The van der Waals surface area contributed by atoms with Crippen LogP contribution in [-0.2, 0) is 0 Å². The molecular weight excluding hydrogens is 166 g/mol. The third-order valence-corrected chi connectivity index (χ3v) is 7.18. The number of hydrogen-bond acceptors (Lipinski definition) is 0. The van der Waals surface area contributed by atoms with Crippen molar-refractivity contribution >= 4 is 10.0 Å². The molecule has 2 aliphatic rings. The van der Waals surface area contributed by atoms with E-state index in [9.17, 15) is 8.78 Å². The molecule has 0 radical (unpaired) electrons. The predicted molar refractivity (Wildman–Crippen MR) is 46.1 cm³/mol. The van der Waals surface area contributed by atoms with Crippen molar-refractivity contribution in [2.45, 2.75) is 25.2 Å². The third-order valence-electron chi connectivity index (χ3n) is 2.82. The summed E-state index contributed by atoms with van der Waals surface area (Å²) >= 11 is 0. The van der Waals surface area contributed by atoms with Crippen molar-refractivity contribution in [3.05, 3.63) is 0 Å². The van der Waals surface area contributed by atoms with Gasteiger partial charge in [-0.25, -0.2) is 18.8 Å². The average molecular weight is 180 g/mol. The molecule has 2 rings (SSSR count). The summed E-state index contributed by atoms with van der Waals surface area (Å²) in [5.74, 6) is 3.45. The second kappa shape index (κ2) is 2.61. The summed E-state index contributed by atoms with van der Waals surface area (Å²) in [7, 11) is -0.774. The van der Waals surface area contributed by atoms with Crippen molar-refractivity contribution < 1.29 is 8.78 Å². The topological polar surface area (TPSA) is 0 Å². The average Bonchev–Trinajstić information content (AvgIpc) is 2.46. The Kier molecular flexibility index (Phi) is 1.86. The van der Waals surface area contributed by atoms with Crippen LogP contribution < -0.4 is 0 Å². The Labute approximate surface area is 67.7 Å². The summed E-state index contributed by atoms with van der Waals surface area (Å²) < 4.78 is 25.7. The normalized spacial score (nSPS) is 44.9. The van der Waals surface area contributed by atoms with Gasteiger partial charge in [-0.1, -0.05) is 0 Å². The van der Waals surface area contributed by atoms with Gasteiger partial charge in [0.05, 0.1) is 0 Å². The highest BCUT2D eigenvalue weighted by Gasteiger charge is 2.43. The minimum Gasteiger partial charge on any atom is -0.243 e. The van der Waals surface area contributed by atoms with Gasteiger partial charge >= 0.3 is 0 Å². The lowest BCUT2D eigenvalue weighted by atomic mass is 10.3. The molecular formula is C8H14F2S. The fourth-order valence-corrected chi connectivity index (χ4v) is 6.61. The molecule has 2 atom stereocenters. The number of alkyl halides is 2. The zero-order chi connectivity index (χ0) is 7.90. The molecule has 2 unspecified atom stereocenters. The van der Waals surface area contributed by atoms with E-state index in [0.717, 1.165) is 11.5 Å². The van der Waals surface area contributed by atoms with Gasteiger partial charge in [0.1, 0.15) is 12.3 Å². The van der Waals surface area contributed by atoms with E-state index in [4.69, 9.17) is 0 Å². The minimum absolute atomic E-state index is 0.578. The Morgan fingerprint density at radius 1 is 0.909 bits per heavy atom. The highest BCUT2D eigenvalue weighted by molar-refractivity contribution is 8.34. The van der Waals surface area contributed by atoms with Crippen LogP contribution >= 0.6 is 10.0 Å². The summed E-state index contributed by atoms with van der Waals surface area (Å²) in [4.78, 5) is 0. The van der Waals surface area contributed by atoms with E-state index < -0.39 is 22.4 Å². The second-order valence-corrected chi connectivity index (χ2v) is 7.64. The van der Waals surface area contributed by atoms with Crippen LogP contribution in [0.3, 0.4) is 0 Å². The largest absolute Gasteiger partial charge is 0.243 e. The Hall–Kier alpha value is 0.210. The zero-order valence-corrected chi connectivity index (χ0v) is 7.38. The molecule has 0 aromatic heterocycles. The van der Waals surface area contributed by atoms with Gasteiger partial charge in [-0.2, -0.15) is 0 Å². The lowest BCUT2D eigenvalue weighted by Gasteiger charge is -2.28. The first-order valence-electron chi connectivity index (χ1n) is 4.24. The molecule has 2 fully saturated rings. The maximum absolute atomic E-state index is 12.9. The summed E-state index contributed by atoms with van der Waals surface area (Å²) in [6.07, 6.45) is 0.190. The SMILES string of the molecule is FC1CS2(CCCC2)CC1F. The van der Waals surface area contributed by atoms with E-state index in [1.54, 1.807) is 0 Å². The molecule has 0 N–H and O–H groups in total. The van der Waals surface area contributed by atoms with Crippen LogP contribution in [0.5, 0.6) is 0 Å². The standard InChI is InChI=1S/C8H14F2S/c9-7-5-11(6-8(7)10)3-1-2-4-11/h7-8H,1-6H2. The van der Waals surface area contributed by atoms with Crippen molar-refractivity contribution in [3.8, 4) is 0 Å². The lowest BCUT2D eigenvalue weighted by Crippen LogP contribution is -2.12. The molecule has 66 valence electrons. The second-order valence-electron chi connectivity index (χ2n) is 3.71. The van der Waals surface area contributed by atoms with Crippen LogP contribution in [0, 0.1) is 0 Å². The molecule has 0 aliphatic carbocycles.